The van der Waals surface area contributed by atoms with Gasteiger partial charge in [-0.2, -0.15) is 0 Å². The summed E-state index contributed by atoms with van der Waals surface area (Å²) in [4.78, 5) is 22.9. The van der Waals surface area contributed by atoms with Gasteiger partial charge < -0.3 is 9.64 Å². The minimum atomic E-state index is -0.387. The molecule has 0 saturated carbocycles. The summed E-state index contributed by atoms with van der Waals surface area (Å²) in [6.45, 7) is 0. The zero-order valence-electron chi connectivity index (χ0n) is 17.6. The predicted octanol–water partition coefficient (Wildman–Crippen LogP) is 4.55. The van der Waals surface area contributed by atoms with Gasteiger partial charge in [-0.15, -0.1) is 0 Å². The van der Waals surface area contributed by atoms with Gasteiger partial charge in [0.2, 0.25) is 0 Å². The van der Waals surface area contributed by atoms with Crippen molar-refractivity contribution in [2.45, 2.75) is 0 Å². The van der Waals surface area contributed by atoms with E-state index in [1.807, 2.05) is 61.5 Å². The Morgan fingerprint density at radius 2 is 1.68 bits per heavy atom. The number of carbonyl (C=O) groups excluding carboxylic acids is 1. The van der Waals surface area contributed by atoms with Crippen molar-refractivity contribution in [3.8, 4) is 23.0 Å². The van der Waals surface area contributed by atoms with Gasteiger partial charge in [0.25, 0.3) is 0 Å². The summed E-state index contributed by atoms with van der Waals surface area (Å²) in [7, 11) is 5.23. The number of pyridine rings is 2. The summed E-state index contributed by atoms with van der Waals surface area (Å²) >= 11 is 0. The van der Waals surface area contributed by atoms with Gasteiger partial charge in [-0.25, -0.2) is 4.79 Å². The van der Waals surface area contributed by atoms with Crippen LogP contribution in [-0.2, 0) is 4.74 Å². The minimum Gasteiger partial charge on any atom is -0.465 e. The van der Waals surface area contributed by atoms with Crippen molar-refractivity contribution in [2.75, 3.05) is 26.1 Å². The molecule has 0 fully saturated rings. The smallest absolute Gasteiger partial charge is 0.340 e. The van der Waals surface area contributed by atoms with Crippen LogP contribution in [0.1, 0.15) is 21.5 Å². The molecule has 152 valence electrons. The zero-order valence-corrected chi connectivity index (χ0v) is 17.6. The predicted molar refractivity (Wildman–Crippen MR) is 123 cm³/mol. The number of esters is 1. The van der Waals surface area contributed by atoms with E-state index in [-0.39, 0.29) is 5.97 Å². The molecule has 5 heteroatoms. The monoisotopic (exact) mass is 407 g/mol. The van der Waals surface area contributed by atoms with Crippen LogP contribution in [0.25, 0.3) is 21.9 Å². The van der Waals surface area contributed by atoms with E-state index in [4.69, 9.17) is 4.74 Å². The van der Waals surface area contributed by atoms with E-state index in [2.05, 4.69) is 27.9 Å². The average Bonchev–Trinajstić information content (AvgIpc) is 2.82. The zero-order chi connectivity index (χ0) is 21.8. The second-order valence-electron chi connectivity index (χ2n) is 7.20. The second-order valence-corrected chi connectivity index (χ2v) is 7.20. The Labute approximate surface area is 181 Å². The van der Waals surface area contributed by atoms with Crippen molar-refractivity contribution in [2.24, 2.45) is 0 Å². The molecule has 0 saturated heterocycles. The molecule has 2 aromatic carbocycles. The number of benzene rings is 2. The number of rotatable bonds is 3. The van der Waals surface area contributed by atoms with Gasteiger partial charge in [-0.1, -0.05) is 24.0 Å². The summed E-state index contributed by atoms with van der Waals surface area (Å²) in [5, 5.41) is 1.69. The first-order chi connectivity index (χ1) is 15.1. The minimum absolute atomic E-state index is 0.387. The quantitative estimate of drug-likeness (QED) is 0.368. The van der Waals surface area contributed by atoms with Gasteiger partial charge in [0.15, 0.2) is 0 Å². The number of fused-ring (bicyclic) bond motifs is 1. The summed E-state index contributed by atoms with van der Waals surface area (Å²) in [6, 6.07) is 15.8. The second kappa shape index (κ2) is 8.68. The number of hydrogen-bond donors (Lipinski definition) is 0. The Morgan fingerprint density at radius 3 is 2.35 bits per heavy atom. The topological polar surface area (TPSA) is 55.3 Å². The highest BCUT2D eigenvalue weighted by Crippen LogP contribution is 2.38. The van der Waals surface area contributed by atoms with Gasteiger partial charge >= 0.3 is 5.97 Å². The number of aromatic nitrogens is 2. The maximum absolute atomic E-state index is 12.7. The molecule has 0 bridgehead atoms. The van der Waals surface area contributed by atoms with Crippen molar-refractivity contribution in [1.82, 2.24) is 9.97 Å². The molecule has 0 aliphatic rings. The van der Waals surface area contributed by atoms with Gasteiger partial charge in [-0.05, 0) is 47.3 Å². The summed E-state index contributed by atoms with van der Waals surface area (Å²) < 4.78 is 5.10. The number of ether oxygens (including phenoxy) is 1. The molecule has 0 aliphatic heterocycles. The number of methoxy groups -OCH3 is 1. The van der Waals surface area contributed by atoms with Crippen molar-refractivity contribution in [3.05, 3.63) is 90.0 Å². The van der Waals surface area contributed by atoms with E-state index < -0.39 is 0 Å². The van der Waals surface area contributed by atoms with E-state index >= 15 is 0 Å². The van der Waals surface area contributed by atoms with Crippen LogP contribution in [-0.4, -0.2) is 37.1 Å². The van der Waals surface area contributed by atoms with Crippen LogP contribution in [0.3, 0.4) is 0 Å². The van der Waals surface area contributed by atoms with Crippen molar-refractivity contribution < 1.29 is 9.53 Å². The molecule has 0 unspecified atom stereocenters. The Balaban J connectivity index is 1.83. The standard InChI is InChI=1S/C26H21N3O2/c1-29(2)25-22(15-21-12-14-28-17-23(21)24(25)26(30)31-3)20-10-8-18(9-11-20)6-7-19-5-4-13-27-16-19/h4-5,8-17H,1-3H3. The summed E-state index contributed by atoms with van der Waals surface area (Å²) in [5.41, 5.74) is 5.00. The third-order valence-corrected chi connectivity index (χ3v) is 4.96. The average molecular weight is 407 g/mol. The highest BCUT2D eigenvalue weighted by Gasteiger charge is 2.22. The SMILES string of the molecule is COC(=O)c1c(N(C)C)c(-c2ccc(C#Cc3cccnc3)cc2)cc2ccncc12. The van der Waals surface area contributed by atoms with Crippen LogP contribution in [0.2, 0.25) is 0 Å². The molecule has 0 atom stereocenters. The molecule has 31 heavy (non-hydrogen) atoms. The number of hydrogen-bond acceptors (Lipinski definition) is 5. The Morgan fingerprint density at radius 1 is 0.935 bits per heavy atom. The van der Waals surface area contributed by atoms with E-state index in [1.54, 1.807) is 24.8 Å². The fraction of sp³-hybridized carbons (Fsp3) is 0.115. The van der Waals surface area contributed by atoms with E-state index in [0.29, 0.717) is 5.56 Å². The molecular formula is C26H21N3O2. The van der Waals surface area contributed by atoms with Crippen LogP contribution in [0.15, 0.2) is 73.3 Å². The van der Waals surface area contributed by atoms with Gasteiger partial charge in [0.1, 0.15) is 0 Å². The molecule has 0 N–H and O–H groups in total. The van der Waals surface area contributed by atoms with E-state index in [0.717, 1.165) is 38.7 Å². The van der Waals surface area contributed by atoms with E-state index in [9.17, 15) is 4.79 Å². The van der Waals surface area contributed by atoms with Gasteiger partial charge in [-0.3, -0.25) is 9.97 Å². The van der Waals surface area contributed by atoms with Crippen molar-refractivity contribution >= 4 is 22.4 Å². The first-order valence-corrected chi connectivity index (χ1v) is 9.77. The maximum Gasteiger partial charge on any atom is 0.340 e. The molecule has 2 aromatic heterocycles. The molecule has 0 amide bonds. The van der Waals surface area contributed by atoms with E-state index in [1.165, 1.54) is 7.11 Å². The fourth-order valence-electron chi connectivity index (χ4n) is 3.53. The highest BCUT2D eigenvalue weighted by atomic mass is 16.5. The van der Waals surface area contributed by atoms with Crippen molar-refractivity contribution in [1.29, 1.82) is 0 Å². The van der Waals surface area contributed by atoms with Crippen LogP contribution in [0, 0.1) is 11.8 Å². The maximum atomic E-state index is 12.7. The summed E-state index contributed by atoms with van der Waals surface area (Å²) in [6.07, 6.45) is 6.89. The number of nitrogens with zero attached hydrogens (tertiary/aromatic N) is 3. The van der Waals surface area contributed by atoms with Gasteiger partial charge in [0.05, 0.1) is 18.4 Å². The Hall–Kier alpha value is -4.17. The van der Waals surface area contributed by atoms with Crippen LogP contribution < -0.4 is 4.90 Å². The third-order valence-electron chi connectivity index (χ3n) is 4.96. The lowest BCUT2D eigenvalue weighted by molar-refractivity contribution is 0.0603. The van der Waals surface area contributed by atoms with Crippen LogP contribution in [0.4, 0.5) is 5.69 Å². The lowest BCUT2D eigenvalue weighted by atomic mass is 9.94. The number of anilines is 1. The summed E-state index contributed by atoms with van der Waals surface area (Å²) in [5.74, 6) is 5.89. The molecule has 4 aromatic rings. The normalized spacial score (nSPS) is 10.3. The molecular weight excluding hydrogens is 386 g/mol. The largest absolute Gasteiger partial charge is 0.465 e. The Kier molecular flexibility index (Phi) is 5.63. The molecule has 0 radical (unpaired) electrons. The molecule has 4 rings (SSSR count). The highest BCUT2D eigenvalue weighted by molar-refractivity contribution is 6.13. The first-order valence-electron chi connectivity index (χ1n) is 9.77. The fourth-order valence-corrected chi connectivity index (χ4v) is 3.53. The number of carbonyl (C=O) groups is 1. The first kappa shape index (κ1) is 20.1. The van der Waals surface area contributed by atoms with Crippen molar-refractivity contribution in [3.63, 3.8) is 0 Å². The third kappa shape index (κ3) is 4.10. The molecule has 0 spiro atoms. The lowest BCUT2D eigenvalue weighted by Crippen LogP contribution is -2.16. The lowest BCUT2D eigenvalue weighted by Gasteiger charge is -2.22. The molecule has 0 aliphatic carbocycles. The van der Waals surface area contributed by atoms with Gasteiger partial charge in [0, 0.05) is 61.0 Å². The molecule has 5 nitrogen and oxygen atoms in total. The van der Waals surface area contributed by atoms with Crippen LogP contribution >= 0.6 is 0 Å². The van der Waals surface area contributed by atoms with Crippen LogP contribution in [0.5, 0.6) is 0 Å². The Bertz CT molecular complexity index is 1300. The molecule has 2 heterocycles.